The summed E-state index contributed by atoms with van der Waals surface area (Å²) in [6.45, 7) is 3.23. The quantitative estimate of drug-likeness (QED) is 0.313. The lowest BCUT2D eigenvalue weighted by atomic mass is 10.2. The molecule has 1 heterocycles. The van der Waals surface area contributed by atoms with E-state index in [0.717, 1.165) is 20.3 Å². The Bertz CT molecular complexity index is 916. The fourth-order valence-corrected chi connectivity index (χ4v) is 3.13. The minimum atomic E-state index is 0.378. The van der Waals surface area contributed by atoms with E-state index in [1.54, 1.807) is 6.21 Å². The number of aromatic nitrogens is 3. The lowest BCUT2D eigenvalue weighted by molar-refractivity contribution is 0.207. The van der Waals surface area contributed by atoms with Crippen molar-refractivity contribution in [1.29, 1.82) is 0 Å². The number of hydrogen-bond acceptors (Lipinski definition) is 6. The van der Waals surface area contributed by atoms with Crippen LogP contribution >= 0.6 is 31.9 Å². The summed E-state index contributed by atoms with van der Waals surface area (Å²) in [6.07, 6.45) is 4.72. The van der Waals surface area contributed by atoms with Crippen molar-refractivity contribution in [2.24, 2.45) is 5.10 Å². The molecule has 0 saturated heterocycles. The zero-order valence-corrected chi connectivity index (χ0v) is 18.3. The Labute approximate surface area is 179 Å². The fourth-order valence-electron chi connectivity index (χ4n) is 2.29. The van der Waals surface area contributed by atoms with Crippen LogP contribution in [0.25, 0.3) is 0 Å². The molecule has 0 bridgehead atoms. The molecule has 0 unspecified atom stereocenters. The number of benzene rings is 2. The van der Waals surface area contributed by atoms with E-state index in [4.69, 9.17) is 14.2 Å². The predicted octanol–water partition coefficient (Wildman–Crippen LogP) is 4.54. The molecule has 3 aromatic rings. The maximum Gasteiger partial charge on any atom is 0.175 e. The summed E-state index contributed by atoms with van der Waals surface area (Å²) in [7, 11) is 0. The summed E-state index contributed by atoms with van der Waals surface area (Å²) in [6, 6.07) is 11.4. The highest BCUT2D eigenvalue weighted by atomic mass is 79.9. The lowest BCUT2D eigenvalue weighted by Gasteiger charge is -2.15. The number of rotatable bonds is 9. The molecule has 0 radical (unpaired) electrons. The van der Waals surface area contributed by atoms with Gasteiger partial charge >= 0.3 is 0 Å². The highest BCUT2D eigenvalue weighted by molar-refractivity contribution is 9.10. The highest BCUT2D eigenvalue weighted by Gasteiger charge is 2.12. The SMILES string of the molecule is CCOc1cc(/C=N/n2cnnc2)cc(Br)c1OCCOc1ccc(Br)cc1. The molecular weight excluding hydrogens is 492 g/mol. The van der Waals surface area contributed by atoms with Gasteiger partial charge in [0.05, 0.1) is 17.3 Å². The number of halogens is 2. The molecule has 0 aliphatic heterocycles. The molecule has 7 nitrogen and oxygen atoms in total. The summed E-state index contributed by atoms with van der Waals surface area (Å²) in [4.78, 5) is 0. The van der Waals surface area contributed by atoms with Crippen molar-refractivity contribution in [2.75, 3.05) is 19.8 Å². The minimum Gasteiger partial charge on any atom is -0.490 e. The van der Waals surface area contributed by atoms with Crippen LogP contribution in [0.1, 0.15) is 12.5 Å². The van der Waals surface area contributed by atoms with Gasteiger partial charge in [-0.25, -0.2) is 4.68 Å². The van der Waals surface area contributed by atoms with Gasteiger partial charge < -0.3 is 14.2 Å². The molecule has 3 rings (SSSR count). The van der Waals surface area contributed by atoms with Gasteiger partial charge in [-0.05, 0) is 64.8 Å². The van der Waals surface area contributed by atoms with Crippen LogP contribution in [0.15, 0.2) is 63.1 Å². The van der Waals surface area contributed by atoms with Crippen molar-refractivity contribution in [3.05, 3.63) is 63.6 Å². The molecule has 0 aliphatic carbocycles. The topological polar surface area (TPSA) is 70.8 Å². The third kappa shape index (κ3) is 5.80. The second-order valence-electron chi connectivity index (χ2n) is 5.50. The zero-order chi connectivity index (χ0) is 19.8. The lowest BCUT2D eigenvalue weighted by Crippen LogP contribution is -2.10. The number of nitrogens with zero attached hydrogens (tertiary/aromatic N) is 4. The van der Waals surface area contributed by atoms with Crippen molar-refractivity contribution in [1.82, 2.24) is 14.9 Å². The maximum atomic E-state index is 5.90. The van der Waals surface area contributed by atoms with E-state index in [1.807, 2.05) is 43.3 Å². The molecule has 0 spiro atoms. The van der Waals surface area contributed by atoms with Gasteiger partial charge in [-0.2, -0.15) is 5.10 Å². The van der Waals surface area contributed by atoms with Crippen molar-refractivity contribution in [3.8, 4) is 17.2 Å². The van der Waals surface area contributed by atoms with E-state index in [-0.39, 0.29) is 0 Å². The monoisotopic (exact) mass is 508 g/mol. The Morgan fingerprint density at radius 1 is 1.00 bits per heavy atom. The Kier molecular flexibility index (Phi) is 7.44. The molecule has 0 aliphatic rings. The number of ether oxygens (including phenoxy) is 3. The van der Waals surface area contributed by atoms with Gasteiger partial charge in [0.2, 0.25) is 0 Å². The first-order valence-corrected chi connectivity index (χ1v) is 10.1. The van der Waals surface area contributed by atoms with Gasteiger partial charge in [-0.15, -0.1) is 10.2 Å². The molecule has 0 fully saturated rings. The van der Waals surface area contributed by atoms with Crippen LogP contribution in [0, 0.1) is 0 Å². The van der Waals surface area contributed by atoms with Crippen LogP contribution in [0.5, 0.6) is 17.2 Å². The highest BCUT2D eigenvalue weighted by Crippen LogP contribution is 2.36. The van der Waals surface area contributed by atoms with E-state index >= 15 is 0 Å². The van der Waals surface area contributed by atoms with Gasteiger partial charge in [-0.3, -0.25) is 0 Å². The standard InChI is InChI=1S/C19H18Br2N4O3/c1-2-26-18-10-14(11-24-25-12-22-23-13-25)9-17(21)19(18)28-8-7-27-16-5-3-15(20)4-6-16/h3-6,9-13H,2,7-8H2,1H3/b24-11+. The van der Waals surface area contributed by atoms with Gasteiger partial charge in [0.15, 0.2) is 11.5 Å². The van der Waals surface area contributed by atoms with Gasteiger partial charge in [-0.1, -0.05) is 15.9 Å². The molecule has 1 aromatic heterocycles. The molecule has 9 heteroatoms. The van der Waals surface area contributed by atoms with Crippen molar-refractivity contribution < 1.29 is 14.2 Å². The Hall–Kier alpha value is -2.39. The second kappa shape index (κ2) is 10.2. The normalized spacial score (nSPS) is 11.0. The molecule has 28 heavy (non-hydrogen) atoms. The summed E-state index contributed by atoms with van der Waals surface area (Å²) < 4.78 is 20.6. The second-order valence-corrected chi connectivity index (χ2v) is 7.27. The zero-order valence-electron chi connectivity index (χ0n) is 15.1. The predicted molar refractivity (Wildman–Crippen MR) is 113 cm³/mol. The Morgan fingerprint density at radius 3 is 2.43 bits per heavy atom. The molecule has 0 atom stereocenters. The van der Waals surface area contributed by atoms with E-state index in [1.165, 1.54) is 17.3 Å². The third-order valence-electron chi connectivity index (χ3n) is 3.49. The van der Waals surface area contributed by atoms with Crippen molar-refractivity contribution in [2.45, 2.75) is 6.92 Å². The largest absolute Gasteiger partial charge is 0.490 e. The summed E-state index contributed by atoms with van der Waals surface area (Å²) in [5.74, 6) is 2.05. The average Bonchev–Trinajstić information content (AvgIpc) is 3.20. The first-order chi connectivity index (χ1) is 13.7. The van der Waals surface area contributed by atoms with Crippen LogP contribution in [-0.4, -0.2) is 40.9 Å². The third-order valence-corrected chi connectivity index (χ3v) is 4.61. The van der Waals surface area contributed by atoms with E-state index in [0.29, 0.717) is 31.3 Å². The first-order valence-electron chi connectivity index (χ1n) is 8.52. The van der Waals surface area contributed by atoms with Crippen molar-refractivity contribution >= 4 is 38.1 Å². The van der Waals surface area contributed by atoms with Gasteiger partial charge in [0.1, 0.15) is 31.6 Å². The summed E-state index contributed by atoms with van der Waals surface area (Å²) in [5, 5.41) is 11.7. The molecule has 0 N–H and O–H groups in total. The van der Waals surface area contributed by atoms with E-state index in [2.05, 4.69) is 47.2 Å². The summed E-state index contributed by atoms with van der Waals surface area (Å²) in [5.41, 5.74) is 0.850. The minimum absolute atomic E-state index is 0.378. The summed E-state index contributed by atoms with van der Waals surface area (Å²) >= 11 is 6.95. The van der Waals surface area contributed by atoms with E-state index < -0.39 is 0 Å². The Balaban J connectivity index is 1.64. The van der Waals surface area contributed by atoms with Crippen LogP contribution in [0.4, 0.5) is 0 Å². The molecule has 2 aromatic carbocycles. The van der Waals surface area contributed by atoms with Crippen LogP contribution in [0.3, 0.4) is 0 Å². The first kappa shape index (κ1) is 20.3. The maximum absolute atomic E-state index is 5.90. The number of hydrogen-bond donors (Lipinski definition) is 0. The molecular formula is C19H18Br2N4O3. The average molecular weight is 510 g/mol. The molecule has 0 amide bonds. The van der Waals surface area contributed by atoms with Crippen LogP contribution < -0.4 is 14.2 Å². The van der Waals surface area contributed by atoms with Crippen LogP contribution in [0.2, 0.25) is 0 Å². The molecule has 146 valence electrons. The fraction of sp³-hybridized carbons (Fsp3) is 0.211. The van der Waals surface area contributed by atoms with Crippen molar-refractivity contribution in [3.63, 3.8) is 0 Å². The van der Waals surface area contributed by atoms with E-state index in [9.17, 15) is 0 Å². The Morgan fingerprint density at radius 2 is 1.71 bits per heavy atom. The van der Waals surface area contributed by atoms with Gasteiger partial charge in [0.25, 0.3) is 0 Å². The van der Waals surface area contributed by atoms with Gasteiger partial charge in [0, 0.05) is 4.47 Å². The smallest absolute Gasteiger partial charge is 0.175 e. The molecule has 0 saturated carbocycles. The van der Waals surface area contributed by atoms with Crippen LogP contribution in [-0.2, 0) is 0 Å².